The Hall–Kier alpha value is -3.51. The van der Waals surface area contributed by atoms with Crippen LogP contribution in [-0.2, 0) is 9.53 Å². The third-order valence-electron chi connectivity index (χ3n) is 7.41. The minimum Gasteiger partial charge on any atom is -0.454 e. The number of nitrogens with one attached hydrogen (secondary N) is 1. The van der Waals surface area contributed by atoms with Crippen LogP contribution in [0.25, 0.3) is 0 Å². The van der Waals surface area contributed by atoms with Crippen molar-refractivity contribution < 1.29 is 23.2 Å². The Balaban J connectivity index is 1.32. The molecule has 0 radical (unpaired) electrons. The van der Waals surface area contributed by atoms with Gasteiger partial charge in [0.05, 0.1) is 13.1 Å². The van der Waals surface area contributed by atoms with Crippen LogP contribution < -0.4 is 5.32 Å². The second kappa shape index (κ2) is 10.0. The second-order valence-corrected chi connectivity index (χ2v) is 9.73. The highest BCUT2D eigenvalue weighted by molar-refractivity contribution is 5.97. The van der Waals surface area contributed by atoms with Gasteiger partial charge in [0.15, 0.2) is 12.1 Å². The molecule has 0 unspecified atom stereocenters. The molecular weight excluding hydrogens is 443 g/mol. The predicted molar refractivity (Wildman–Crippen MR) is 132 cm³/mol. The van der Waals surface area contributed by atoms with E-state index in [1.807, 2.05) is 60.7 Å². The molecule has 3 aliphatic heterocycles. The minimum atomic E-state index is -0.757. The van der Waals surface area contributed by atoms with Crippen LogP contribution in [-0.4, -0.2) is 48.5 Å². The summed E-state index contributed by atoms with van der Waals surface area (Å²) in [5.41, 5.74) is 2.15. The molecule has 35 heavy (non-hydrogen) atoms. The Morgan fingerprint density at radius 2 is 1.54 bits per heavy atom. The van der Waals surface area contributed by atoms with Gasteiger partial charge in [0, 0.05) is 30.0 Å². The van der Waals surface area contributed by atoms with Crippen LogP contribution in [0.1, 0.15) is 34.8 Å². The van der Waals surface area contributed by atoms with E-state index < -0.39 is 6.04 Å². The Kier molecular flexibility index (Phi) is 6.64. The summed E-state index contributed by atoms with van der Waals surface area (Å²) in [6.07, 6.45) is 1.63. The van der Waals surface area contributed by atoms with E-state index in [-0.39, 0.29) is 23.7 Å². The summed E-state index contributed by atoms with van der Waals surface area (Å²) in [7, 11) is 0. The number of nitrogens with zero attached hydrogens (tertiary/aromatic N) is 1. The fourth-order valence-electron chi connectivity index (χ4n) is 5.45. The second-order valence-electron chi connectivity index (χ2n) is 9.73. The van der Waals surface area contributed by atoms with Gasteiger partial charge < -0.3 is 14.5 Å². The van der Waals surface area contributed by atoms with Gasteiger partial charge in [0.2, 0.25) is 5.78 Å². The number of para-hydroxylation sites is 1. The quantitative estimate of drug-likeness (QED) is 0.284. The molecule has 3 aliphatic rings. The van der Waals surface area contributed by atoms with E-state index in [9.17, 15) is 14.0 Å². The number of anilines is 1. The van der Waals surface area contributed by atoms with E-state index in [0.717, 1.165) is 37.2 Å². The summed E-state index contributed by atoms with van der Waals surface area (Å²) in [6.45, 7) is 2.94. The van der Waals surface area contributed by atoms with Gasteiger partial charge in [0.25, 0.3) is 0 Å². The molecule has 0 aliphatic carbocycles. The lowest BCUT2D eigenvalue weighted by Crippen LogP contribution is -2.65. The molecule has 3 heterocycles. The number of fused-ring (bicyclic) bond motifs is 3. The van der Waals surface area contributed by atoms with Crippen LogP contribution in [0.5, 0.6) is 0 Å². The molecule has 5 nitrogen and oxygen atoms in total. The van der Waals surface area contributed by atoms with Crippen LogP contribution in [0.4, 0.5) is 10.1 Å². The topological polar surface area (TPSA) is 55.4 Å². The van der Waals surface area contributed by atoms with Crippen LogP contribution >= 0.6 is 0 Å². The number of piperidine rings is 3. The van der Waals surface area contributed by atoms with Gasteiger partial charge in [-0.1, -0.05) is 60.7 Å². The molecule has 6 heteroatoms. The van der Waals surface area contributed by atoms with Gasteiger partial charge in [-0.2, -0.15) is 0 Å². The van der Waals surface area contributed by atoms with E-state index in [4.69, 9.17) is 4.74 Å². The number of ketones is 1. The number of carbonyl (C=O) groups excluding carboxylic acids is 2. The highest BCUT2D eigenvalue weighted by Gasteiger charge is 2.49. The molecular formula is C29H30FN2O3+. The average molecular weight is 474 g/mol. The minimum absolute atomic E-state index is 0.131. The molecule has 3 aromatic rings. The number of esters is 1. The number of ether oxygens (including phenoxy) is 1. The molecule has 6 rings (SSSR count). The zero-order valence-corrected chi connectivity index (χ0v) is 19.6. The third kappa shape index (κ3) is 5.28. The first-order valence-corrected chi connectivity index (χ1v) is 12.2. The van der Waals surface area contributed by atoms with Crippen LogP contribution in [0.2, 0.25) is 0 Å². The van der Waals surface area contributed by atoms with E-state index in [0.29, 0.717) is 29.1 Å². The normalized spacial score (nSPS) is 23.9. The summed E-state index contributed by atoms with van der Waals surface area (Å²) in [5, 5.41) is 3.26. The first-order valence-electron chi connectivity index (χ1n) is 12.2. The first kappa shape index (κ1) is 23.2. The Bertz CT molecular complexity index is 1160. The van der Waals surface area contributed by atoms with Gasteiger partial charge in [0.1, 0.15) is 18.9 Å². The van der Waals surface area contributed by atoms with Crippen molar-refractivity contribution in [2.45, 2.75) is 25.0 Å². The Labute approximate surface area is 205 Å². The molecule has 0 amide bonds. The maximum absolute atomic E-state index is 13.6. The maximum atomic E-state index is 13.6. The van der Waals surface area contributed by atoms with Crippen LogP contribution in [0, 0.1) is 11.7 Å². The summed E-state index contributed by atoms with van der Waals surface area (Å²) in [6, 6.07) is 24.0. The monoisotopic (exact) mass is 473 g/mol. The highest BCUT2D eigenvalue weighted by Crippen LogP contribution is 2.36. The zero-order valence-electron chi connectivity index (χ0n) is 19.6. The van der Waals surface area contributed by atoms with E-state index in [2.05, 4.69) is 5.32 Å². The molecule has 3 saturated heterocycles. The van der Waals surface area contributed by atoms with Gasteiger partial charge in [-0.3, -0.25) is 4.79 Å². The van der Waals surface area contributed by atoms with Crippen molar-refractivity contribution in [3.8, 4) is 0 Å². The van der Waals surface area contributed by atoms with E-state index >= 15 is 0 Å². The highest BCUT2D eigenvalue weighted by atomic mass is 19.1. The van der Waals surface area contributed by atoms with Gasteiger partial charge in [-0.05, 0) is 29.8 Å². The van der Waals surface area contributed by atoms with Crippen LogP contribution in [0.15, 0.2) is 84.9 Å². The SMILES string of the molecule is O=C(C[N+]12CCC(CC1)[C@@H](OC(=O)[C@H](Nc1ccccc1)c1ccc(F)cc1)C2)c1ccccc1. The lowest BCUT2D eigenvalue weighted by atomic mass is 9.82. The van der Waals surface area contributed by atoms with Crippen molar-refractivity contribution in [2.75, 3.05) is 31.5 Å². The van der Waals surface area contributed by atoms with E-state index in [1.165, 1.54) is 12.1 Å². The Morgan fingerprint density at radius 3 is 2.20 bits per heavy atom. The number of hydrogen-bond acceptors (Lipinski definition) is 4. The molecule has 2 atom stereocenters. The lowest BCUT2D eigenvalue weighted by Gasteiger charge is -2.51. The molecule has 0 spiro atoms. The smallest absolute Gasteiger partial charge is 0.333 e. The van der Waals surface area contributed by atoms with Crippen molar-refractivity contribution in [3.05, 3.63) is 102 Å². The van der Waals surface area contributed by atoms with Gasteiger partial charge in [-0.15, -0.1) is 0 Å². The Morgan fingerprint density at radius 1 is 0.914 bits per heavy atom. The number of carbonyl (C=O) groups is 2. The fourth-order valence-corrected chi connectivity index (χ4v) is 5.45. The number of rotatable bonds is 8. The number of benzene rings is 3. The van der Waals surface area contributed by atoms with E-state index in [1.54, 1.807) is 12.1 Å². The summed E-state index contributed by atoms with van der Waals surface area (Å²) in [4.78, 5) is 26.5. The van der Waals surface area contributed by atoms with Gasteiger partial charge >= 0.3 is 5.97 Å². The molecule has 1 N–H and O–H groups in total. The fraction of sp³-hybridized carbons (Fsp3) is 0.310. The number of quaternary nitrogens is 1. The summed E-state index contributed by atoms with van der Waals surface area (Å²) < 4.78 is 20.4. The van der Waals surface area contributed by atoms with Crippen molar-refractivity contribution in [3.63, 3.8) is 0 Å². The molecule has 3 fully saturated rings. The molecule has 0 saturated carbocycles. The van der Waals surface area contributed by atoms with Gasteiger partial charge in [-0.25, -0.2) is 9.18 Å². The summed E-state index contributed by atoms with van der Waals surface area (Å²) >= 11 is 0. The molecule has 0 aromatic heterocycles. The molecule has 180 valence electrons. The first-order chi connectivity index (χ1) is 17.0. The number of halogens is 1. The van der Waals surface area contributed by atoms with Crippen molar-refractivity contribution in [1.82, 2.24) is 0 Å². The standard InChI is InChI=1S/C29H30FN2O3/c30-24-13-11-23(12-14-24)28(31-25-9-5-2-6-10-25)29(34)35-27-20-32(17-15-22(27)16-18-32)19-26(33)21-7-3-1-4-8-21/h1-14,22,27-28,31H,15-20H2/q+1/t22?,27-,28+,32?/m0/s1. The molecule has 2 bridgehead atoms. The van der Waals surface area contributed by atoms with Crippen molar-refractivity contribution >= 4 is 17.4 Å². The summed E-state index contributed by atoms with van der Waals surface area (Å²) in [5.74, 6) is -0.304. The molecule has 3 aromatic carbocycles. The predicted octanol–water partition coefficient (Wildman–Crippen LogP) is 5.01. The van der Waals surface area contributed by atoms with Crippen molar-refractivity contribution in [1.29, 1.82) is 0 Å². The number of Topliss-reactive ketones (excluding diaryl/α,β-unsaturated/α-hetero) is 1. The van der Waals surface area contributed by atoms with Crippen molar-refractivity contribution in [2.24, 2.45) is 5.92 Å². The zero-order chi connectivity index (χ0) is 24.3. The largest absolute Gasteiger partial charge is 0.454 e. The maximum Gasteiger partial charge on any atom is 0.333 e. The lowest BCUT2D eigenvalue weighted by molar-refractivity contribution is -0.938. The third-order valence-corrected chi connectivity index (χ3v) is 7.41. The average Bonchev–Trinajstić information content (AvgIpc) is 2.89. The number of hydrogen-bond donors (Lipinski definition) is 1. The van der Waals surface area contributed by atoms with Crippen LogP contribution in [0.3, 0.4) is 0 Å².